The highest BCUT2D eigenvalue weighted by molar-refractivity contribution is 5.94. The van der Waals surface area contributed by atoms with Crippen molar-refractivity contribution in [1.29, 1.82) is 0 Å². The van der Waals surface area contributed by atoms with Crippen molar-refractivity contribution in [2.24, 2.45) is 0 Å². The molecule has 2 saturated heterocycles. The lowest BCUT2D eigenvalue weighted by molar-refractivity contribution is 0.0693. The zero-order valence-electron chi connectivity index (χ0n) is 11.3. The maximum atomic E-state index is 13.6. The van der Waals surface area contributed by atoms with Crippen LogP contribution in [0.1, 0.15) is 36.0 Å². The van der Waals surface area contributed by atoms with E-state index >= 15 is 0 Å². The predicted molar refractivity (Wildman–Crippen MR) is 74.6 cm³/mol. The predicted octanol–water partition coefficient (Wildman–Crippen LogP) is 2.56. The minimum atomic E-state index is -1.22. The molecule has 2 heterocycles. The number of piperidine rings is 1. The average molecular weight is 278 g/mol. The van der Waals surface area contributed by atoms with E-state index in [4.69, 9.17) is 5.11 Å². The standard InChI is InChI=1S/C15H19FN2O2/c16-12-4-1-5-13(14(12)15(19)20)17-10-6-8-18-7-2-3-11(18)9-10/h1,4-5,10-11,17H,2-3,6-9H2,(H,19,20). The second kappa shape index (κ2) is 5.40. The molecule has 1 aromatic carbocycles. The Morgan fingerprint density at radius 3 is 3.00 bits per heavy atom. The Balaban J connectivity index is 1.75. The van der Waals surface area contributed by atoms with Crippen LogP contribution in [0.15, 0.2) is 18.2 Å². The highest BCUT2D eigenvalue weighted by Gasteiger charge is 2.32. The first-order valence-corrected chi connectivity index (χ1v) is 7.17. The van der Waals surface area contributed by atoms with Crippen LogP contribution in [-0.2, 0) is 0 Å². The molecule has 2 atom stereocenters. The molecule has 1 aromatic rings. The first kappa shape index (κ1) is 13.4. The molecule has 20 heavy (non-hydrogen) atoms. The van der Waals surface area contributed by atoms with Crippen molar-refractivity contribution >= 4 is 11.7 Å². The van der Waals surface area contributed by atoms with Crippen LogP contribution in [-0.4, -0.2) is 41.1 Å². The van der Waals surface area contributed by atoms with Gasteiger partial charge in [-0.15, -0.1) is 0 Å². The Bertz CT molecular complexity index is 521. The van der Waals surface area contributed by atoms with E-state index in [1.165, 1.54) is 25.5 Å². The number of nitrogens with one attached hydrogen (secondary N) is 1. The Labute approximate surface area is 117 Å². The summed E-state index contributed by atoms with van der Waals surface area (Å²) < 4.78 is 13.6. The molecule has 0 amide bonds. The maximum Gasteiger partial charge on any atom is 0.340 e. The zero-order chi connectivity index (χ0) is 14.1. The molecule has 2 aliphatic rings. The lowest BCUT2D eigenvalue weighted by Crippen LogP contribution is -2.42. The summed E-state index contributed by atoms with van der Waals surface area (Å²) in [4.78, 5) is 13.7. The van der Waals surface area contributed by atoms with Crippen LogP contribution < -0.4 is 5.32 Å². The highest BCUT2D eigenvalue weighted by atomic mass is 19.1. The molecular weight excluding hydrogens is 259 g/mol. The summed E-state index contributed by atoms with van der Waals surface area (Å²) in [6, 6.07) is 5.22. The Morgan fingerprint density at radius 1 is 1.35 bits per heavy atom. The number of hydrogen-bond acceptors (Lipinski definition) is 3. The number of carboxylic acids is 1. The largest absolute Gasteiger partial charge is 0.478 e. The van der Waals surface area contributed by atoms with Crippen molar-refractivity contribution in [1.82, 2.24) is 4.90 Å². The third-order valence-electron chi connectivity index (χ3n) is 4.41. The van der Waals surface area contributed by atoms with Crippen molar-refractivity contribution in [2.45, 2.75) is 37.8 Å². The number of hydrogen-bond donors (Lipinski definition) is 2. The van der Waals surface area contributed by atoms with Crippen LogP contribution >= 0.6 is 0 Å². The fourth-order valence-electron chi connectivity index (χ4n) is 3.44. The van der Waals surface area contributed by atoms with Crippen LogP contribution in [0.2, 0.25) is 0 Å². The van der Waals surface area contributed by atoms with Gasteiger partial charge in [0.1, 0.15) is 11.4 Å². The van der Waals surface area contributed by atoms with Gasteiger partial charge in [-0.25, -0.2) is 9.18 Å². The average Bonchev–Trinajstić information content (AvgIpc) is 2.85. The summed E-state index contributed by atoms with van der Waals surface area (Å²) in [5, 5.41) is 12.4. The number of aromatic carboxylic acids is 1. The summed E-state index contributed by atoms with van der Waals surface area (Å²) >= 11 is 0. The van der Waals surface area contributed by atoms with Gasteiger partial charge in [0.15, 0.2) is 0 Å². The molecule has 0 aliphatic carbocycles. The molecule has 2 N–H and O–H groups in total. The van der Waals surface area contributed by atoms with Crippen LogP contribution in [0.3, 0.4) is 0 Å². The lowest BCUT2D eigenvalue weighted by Gasteiger charge is -2.35. The number of rotatable bonds is 3. The number of fused-ring (bicyclic) bond motifs is 1. The van der Waals surface area contributed by atoms with Crippen LogP contribution in [0.5, 0.6) is 0 Å². The summed E-state index contributed by atoms with van der Waals surface area (Å²) in [7, 11) is 0. The van der Waals surface area contributed by atoms with E-state index in [1.807, 2.05) is 0 Å². The fraction of sp³-hybridized carbons (Fsp3) is 0.533. The summed E-state index contributed by atoms with van der Waals surface area (Å²) in [6.45, 7) is 2.22. The van der Waals surface area contributed by atoms with Crippen molar-refractivity contribution in [3.8, 4) is 0 Å². The van der Waals surface area contributed by atoms with E-state index in [2.05, 4.69) is 10.2 Å². The van der Waals surface area contributed by atoms with E-state index in [1.54, 1.807) is 12.1 Å². The highest BCUT2D eigenvalue weighted by Crippen LogP contribution is 2.29. The van der Waals surface area contributed by atoms with Crippen LogP contribution in [0.25, 0.3) is 0 Å². The normalized spacial score (nSPS) is 26.2. The van der Waals surface area contributed by atoms with Gasteiger partial charge in [0.25, 0.3) is 0 Å². The summed E-state index contributed by atoms with van der Waals surface area (Å²) in [5.41, 5.74) is 0.148. The van der Waals surface area contributed by atoms with Gasteiger partial charge in [0, 0.05) is 18.6 Å². The molecule has 2 aliphatic heterocycles. The first-order chi connectivity index (χ1) is 9.65. The summed E-state index contributed by atoms with van der Waals surface area (Å²) in [6.07, 6.45) is 4.45. The molecule has 108 valence electrons. The minimum Gasteiger partial charge on any atom is -0.478 e. The van der Waals surface area contributed by atoms with Crippen molar-refractivity contribution in [3.63, 3.8) is 0 Å². The van der Waals surface area contributed by atoms with E-state index in [-0.39, 0.29) is 11.6 Å². The molecule has 0 spiro atoms. The molecule has 5 heteroatoms. The van der Waals surface area contributed by atoms with Gasteiger partial charge in [-0.3, -0.25) is 0 Å². The first-order valence-electron chi connectivity index (χ1n) is 7.17. The maximum absolute atomic E-state index is 13.6. The number of anilines is 1. The molecule has 4 nitrogen and oxygen atoms in total. The zero-order valence-corrected chi connectivity index (χ0v) is 11.3. The van der Waals surface area contributed by atoms with E-state index < -0.39 is 11.8 Å². The lowest BCUT2D eigenvalue weighted by atomic mass is 9.97. The van der Waals surface area contributed by atoms with Crippen molar-refractivity contribution < 1.29 is 14.3 Å². The number of carboxylic acid groups (broad SMARTS) is 1. The third-order valence-corrected chi connectivity index (χ3v) is 4.41. The fourth-order valence-corrected chi connectivity index (χ4v) is 3.44. The quantitative estimate of drug-likeness (QED) is 0.892. The number of nitrogens with zero attached hydrogens (tertiary/aromatic N) is 1. The van der Waals surface area contributed by atoms with Gasteiger partial charge in [-0.1, -0.05) is 6.07 Å². The van der Waals surface area contributed by atoms with Gasteiger partial charge < -0.3 is 15.3 Å². The van der Waals surface area contributed by atoms with E-state index in [0.29, 0.717) is 11.7 Å². The minimum absolute atomic E-state index is 0.231. The Morgan fingerprint density at radius 2 is 2.20 bits per heavy atom. The van der Waals surface area contributed by atoms with E-state index in [9.17, 15) is 9.18 Å². The second-order valence-corrected chi connectivity index (χ2v) is 5.67. The number of benzene rings is 1. The number of carbonyl (C=O) groups is 1. The SMILES string of the molecule is O=C(O)c1c(F)cccc1NC1CCN2CCCC2C1. The smallest absolute Gasteiger partial charge is 0.340 e. The van der Waals surface area contributed by atoms with Crippen LogP contribution in [0.4, 0.5) is 10.1 Å². The van der Waals surface area contributed by atoms with Crippen molar-refractivity contribution in [3.05, 3.63) is 29.6 Å². The molecule has 0 radical (unpaired) electrons. The Kier molecular flexibility index (Phi) is 3.61. The molecule has 0 bridgehead atoms. The molecule has 2 unspecified atom stereocenters. The molecule has 2 fully saturated rings. The molecule has 0 saturated carbocycles. The molecular formula is C15H19FN2O2. The summed E-state index contributed by atoms with van der Waals surface area (Å²) in [5.74, 6) is -1.90. The number of halogens is 1. The topological polar surface area (TPSA) is 52.6 Å². The van der Waals surface area contributed by atoms with Gasteiger partial charge >= 0.3 is 5.97 Å². The third kappa shape index (κ3) is 2.50. The monoisotopic (exact) mass is 278 g/mol. The second-order valence-electron chi connectivity index (χ2n) is 5.67. The molecule has 3 rings (SSSR count). The van der Waals surface area contributed by atoms with Crippen LogP contribution in [0, 0.1) is 5.82 Å². The van der Waals surface area contributed by atoms with Gasteiger partial charge in [0.2, 0.25) is 0 Å². The van der Waals surface area contributed by atoms with Gasteiger partial charge in [-0.05, 0) is 44.4 Å². The Hall–Kier alpha value is -1.62. The van der Waals surface area contributed by atoms with Gasteiger partial charge in [-0.2, -0.15) is 0 Å². The van der Waals surface area contributed by atoms with Crippen molar-refractivity contribution in [2.75, 3.05) is 18.4 Å². The van der Waals surface area contributed by atoms with Gasteiger partial charge in [0.05, 0.1) is 5.69 Å². The molecule has 0 aromatic heterocycles. The van der Waals surface area contributed by atoms with E-state index in [0.717, 1.165) is 19.4 Å².